The molecule has 0 amide bonds. The molecule has 1 saturated heterocycles. The van der Waals surface area contributed by atoms with Gasteiger partial charge in [0, 0.05) is 38.2 Å². The van der Waals surface area contributed by atoms with Crippen LogP contribution in [0.4, 0.5) is 0 Å². The predicted molar refractivity (Wildman–Crippen MR) is 70.7 cm³/mol. The van der Waals surface area contributed by atoms with Crippen LogP contribution in [0.3, 0.4) is 0 Å². The Morgan fingerprint density at radius 3 is 3.11 bits per heavy atom. The van der Waals surface area contributed by atoms with Crippen LogP contribution in [0.5, 0.6) is 0 Å². The van der Waals surface area contributed by atoms with Crippen LogP contribution in [0, 0.1) is 5.92 Å². The minimum atomic E-state index is 0.521. The highest BCUT2D eigenvalue weighted by Gasteiger charge is 2.27. The van der Waals surface area contributed by atoms with Gasteiger partial charge < -0.3 is 14.6 Å². The zero-order valence-corrected chi connectivity index (χ0v) is 11.4. The summed E-state index contributed by atoms with van der Waals surface area (Å²) in [7, 11) is 0. The lowest BCUT2D eigenvalue weighted by molar-refractivity contribution is 0.185. The van der Waals surface area contributed by atoms with Gasteiger partial charge in [-0.25, -0.2) is 4.98 Å². The lowest BCUT2D eigenvalue weighted by Gasteiger charge is -2.20. The average molecular weight is 249 g/mol. The van der Waals surface area contributed by atoms with Crippen molar-refractivity contribution >= 4 is 0 Å². The van der Waals surface area contributed by atoms with Gasteiger partial charge in [0.05, 0.1) is 18.3 Å². The van der Waals surface area contributed by atoms with Crippen LogP contribution in [-0.4, -0.2) is 29.3 Å². The first-order chi connectivity index (χ1) is 8.75. The molecule has 0 aromatic carbocycles. The molecule has 1 fully saturated rings. The normalized spacial score (nSPS) is 23.6. The van der Waals surface area contributed by atoms with Crippen molar-refractivity contribution in [2.45, 2.75) is 45.7 Å². The molecule has 0 saturated carbocycles. The van der Waals surface area contributed by atoms with Crippen LogP contribution in [-0.2, 0) is 24.1 Å². The van der Waals surface area contributed by atoms with Crippen molar-refractivity contribution in [2.24, 2.45) is 5.92 Å². The van der Waals surface area contributed by atoms with Gasteiger partial charge in [-0.05, 0) is 12.3 Å². The van der Waals surface area contributed by atoms with Crippen molar-refractivity contribution in [3.05, 3.63) is 17.2 Å². The van der Waals surface area contributed by atoms with Crippen molar-refractivity contribution in [3.8, 4) is 0 Å². The average Bonchev–Trinajstić information content (AvgIpc) is 2.93. The quantitative estimate of drug-likeness (QED) is 0.886. The van der Waals surface area contributed by atoms with Crippen molar-refractivity contribution in [2.75, 3.05) is 19.8 Å². The summed E-state index contributed by atoms with van der Waals surface area (Å²) in [5.74, 6) is 1.93. The van der Waals surface area contributed by atoms with Crippen LogP contribution in [0.15, 0.2) is 0 Å². The van der Waals surface area contributed by atoms with E-state index < -0.39 is 0 Å². The molecule has 18 heavy (non-hydrogen) atoms. The molecule has 1 aromatic rings. The second-order valence-electron chi connectivity index (χ2n) is 5.83. The smallest absolute Gasteiger partial charge is 0.109 e. The Morgan fingerprint density at radius 2 is 2.39 bits per heavy atom. The van der Waals surface area contributed by atoms with E-state index in [1.165, 1.54) is 17.2 Å². The Kier molecular flexibility index (Phi) is 3.39. The maximum atomic E-state index is 5.57. The van der Waals surface area contributed by atoms with E-state index >= 15 is 0 Å². The summed E-state index contributed by atoms with van der Waals surface area (Å²) < 4.78 is 8.07. The molecule has 1 unspecified atom stereocenters. The molecule has 1 atom stereocenters. The number of imidazole rings is 1. The van der Waals surface area contributed by atoms with Crippen LogP contribution in [0.25, 0.3) is 0 Å². The highest BCUT2D eigenvalue weighted by atomic mass is 16.5. The van der Waals surface area contributed by atoms with E-state index in [0.717, 1.165) is 45.6 Å². The first-order valence-electron chi connectivity index (χ1n) is 7.13. The zero-order valence-electron chi connectivity index (χ0n) is 11.4. The van der Waals surface area contributed by atoms with Crippen molar-refractivity contribution < 1.29 is 4.74 Å². The highest BCUT2D eigenvalue weighted by Crippen LogP contribution is 2.27. The number of nitrogens with one attached hydrogen (secondary N) is 1. The Hall–Kier alpha value is -0.870. The molecule has 2 aliphatic rings. The molecule has 4 nitrogen and oxygen atoms in total. The van der Waals surface area contributed by atoms with Crippen LogP contribution in [0.2, 0.25) is 0 Å². The Balaban J connectivity index is 1.98. The van der Waals surface area contributed by atoms with Gasteiger partial charge >= 0.3 is 0 Å². The third kappa shape index (κ3) is 2.19. The largest absolute Gasteiger partial charge is 0.379 e. The Labute approximate surface area is 109 Å². The van der Waals surface area contributed by atoms with E-state index in [1.54, 1.807) is 0 Å². The highest BCUT2D eigenvalue weighted by molar-refractivity contribution is 5.22. The summed E-state index contributed by atoms with van der Waals surface area (Å²) in [5, 5.41) is 3.42. The molecule has 1 aromatic heterocycles. The number of hydrogen-bond donors (Lipinski definition) is 1. The van der Waals surface area contributed by atoms with E-state index in [-0.39, 0.29) is 0 Å². The van der Waals surface area contributed by atoms with Gasteiger partial charge in [-0.2, -0.15) is 0 Å². The number of hydrogen-bond acceptors (Lipinski definition) is 3. The molecule has 1 N–H and O–H groups in total. The molecule has 100 valence electrons. The molecule has 3 heterocycles. The maximum absolute atomic E-state index is 5.57. The van der Waals surface area contributed by atoms with Crippen LogP contribution < -0.4 is 5.32 Å². The zero-order chi connectivity index (χ0) is 12.5. The third-order valence-corrected chi connectivity index (χ3v) is 3.86. The molecular weight excluding hydrogens is 226 g/mol. The fraction of sp³-hybridized carbons (Fsp3) is 0.786. The van der Waals surface area contributed by atoms with E-state index in [4.69, 9.17) is 9.72 Å². The number of rotatable bonds is 3. The maximum Gasteiger partial charge on any atom is 0.109 e. The molecule has 4 heteroatoms. The first kappa shape index (κ1) is 12.2. The fourth-order valence-corrected chi connectivity index (χ4v) is 3.05. The number of nitrogens with zero attached hydrogens (tertiary/aromatic N) is 2. The molecule has 0 bridgehead atoms. The van der Waals surface area contributed by atoms with Crippen molar-refractivity contribution in [3.63, 3.8) is 0 Å². The standard InChI is InChI=1S/C14H23N3O/c1-10(2)7-14-16-12-8-15-5-3-13(12)17(14)11-4-6-18-9-11/h10-11,15H,3-9H2,1-2H3. The van der Waals surface area contributed by atoms with Crippen molar-refractivity contribution in [1.82, 2.24) is 14.9 Å². The van der Waals surface area contributed by atoms with Gasteiger partial charge in [0.2, 0.25) is 0 Å². The predicted octanol–water partition coefficient (Wildman–Crippen LogP) is 1.69. The summed E-state index contributed by atoms with van der Waals surface area (Å²) in [6.45, 7) is 8.30. The summed E-state index contributed by atoms with van der Waals surface area (Å²) in [4.78, 5) is 4.88. The second kappa shape index (κ2) is 5.02. The lowest BCUT2D eigenvalue weighted by atomic mass is 10.1. The van der Waals surface area contributed by atoms with E-state index in [0.29, 0.717) is 12.0 Å². The molecule has 0 radical (unpaired) electrons. The van der Waals surface area contributed by atoms with Crippen LogP contribution in [0.1, 0.15) is 43.5 Å². The van der Waals surface area contributed by atoms with Crippen LogP contribution >= 0.6 is 0 Å². The summed E-state index contributed by atoms with van der Waals surface area (Å²) >= 11 is 0. The SMILES string of the molecule is CC(C)Cc1nc2c(n1C1CCOC1)CCNC2. The fourth-order valence-electron chi connectivity index (χ4n) is 3.05. The molecule has 3 rings (SSSR count). The molecule has 2 aliphatic heterocycles. The van der Waals surface area contributed by atoms with Gasteiger partial charge in [0.1, 0.15) is 5.82 Å². The second-order valence-corrected chi connectivity index (χ2v) is 5.83. The topological polar surface area (TPSA) is 39.1 Å². The van der Waals surface area contributed by atoms with Crippen molar-refractivity contribution in [1.29, 1.82) is 0 Å². The Bertz CT molecular complexity index is 419. The number of aromatic nitrogens is 2. The summed E-state index contributed by atoms with van der Waals surface area (Å²) in [6, 6.07) is 0.521. The van der Waals surface area contributed by atoms with Gasteiger partial charge in [-0.1, -0.05) is 13.8 Å². The van der Waals surface area contributed by atoms with Gasteiger partial charge in [-0.3, -0.25) is 0 Å². The first-order valence-corrected chi connectivity index (χ1v) is 7.13. The van der Waals surface area contributed by atoms with E-state index in [2.05, 4.69) is 23.7 Å². The third-order valence-electron chi connectivity index (χ3n) is 3.86. The minimum Gasteiger partial charge on any atom is -0.379 e. The summed E-state index contributed by atoms with van der Waals surface area (Å²) in [5.41, 5.74) is 2.73. The van der Waals surface area contributed by atoms with Gasteiger partial charge in [0.15, 0.2) is 0 Å². The molecular formula is C14H23N3O. The number of fused-ring (bicyclic) bond motifs is 1. The monoisotopic (exact) mass is 249 g/mol. The number of ether oxygens (including phenoxy) is 1. The lowest BCUT2D eigenvalue weighted by Crippen LogP contribution is -2.26. The van der Waals surface area contributed by atoms with E-state index in [1.807, 2.05) is 0 Å². The van der Waals surface area contributed by atoms with Gasteiger partial charge in [-0.15, -0.1) is 0 Å². The molecule has 0 aliphatic carbocycles. The van der Waals surface area contributed by atoms with Gasteiger partial charge in [0.25, 0.3) is 0 Å². The molecule has 0 spiro atoms. The minimum absolute atomic E-state index is 0.521. The van der Waals surface area contributed by atoms with E-state index in [9.17, 15) is 0 Å². The Morgan fingerprint density at radius 1 is 1.50 bits per heavy atom. The summed E-state index contributed by atoms with van der Waals surface area (Å²) in [6.07, 6.45) is 3.32.